The first kappa shape index (κ1) is 16.4. The van der Waals surface area contributed by atoms with Crippen LogP contribution in [-0.2, 0) is 0 Å². The van der Waals surface area contributed by atoms with E-state index < -0.39 is 0 Å². The van der Waals surface area contributed by atoms with Crippen LogP contribution in [0.4, 0.5) is 0 Å². The lowest BCUT2D eigenvalue weighted by Crippen LogP contribution is -2.31. The largest absolute Gasteiger partial charge is 0.490 e. The summed E-state index contributed by atoms with van der Waals surface area (Å²) in [6.07, 6.45) is 0.877. The summed E-state index contributed by atoms with van der Waals surface area (Å²) in [5.74, 6) is 1.71. The zero-order chi connectivity index (χ0) is 16.9. The van der Waals surface area contributed by atoms with Gasteiger partial charge in [0.1, 0.15) is 0 Å². The third-order valence-corrected chi connectivity index (χ3v) is 4.12. The molecule has 2 aromatic carbocycles. The summed E-state index contributed by atoms with van der Waals surface area (Å²) < 4.78 is 11.5. The number of hydrogen-bond acceptors (Lipinski definition) is 3. The van der Waals surface area contributed by atoms with E-state index in [1.807, 2.05) is 48.5 Å². The summed E-state index contributed by atoms with van der Waals surface area (Å²) in [7, 11) is 0. The van der Waals surface area contributed by atoms with E-state index in [4.69, 9.17) is 9.47 Å². The average molecular weight is 325 g/mol. The number of carbonyl (C=O) groups excluding carboxylic acids is 1. The zero-order valence-electron chi connectivity index (χ0n) is 14.1. The molecule has 1 atom stereocenters. The van der Waals surface area contributed by atoms with Crippen LogP contribution in [0.5, 0.6) is 11.5 Å². The highest BCUT2D eigenvalue weighted by Gasteiger charge is 2.21. The molecule has 4 heteroatoms. The van der Waals surface area contributed by atoms with Crippen LogP contribution in [0.25, 0.3) is 0 Å². The Kier molecular flexibility index (Phi) is 5.04. The first-order chi connectivity index (χ1) is 11.6. The molecule has 0 saturated heterocycles. The lowest BCUT2D eigenvalue weighted by molar-refractivity contribution is 0.0925. The van der Waals surface area contributed by atoms with E-state index in [1.54, 1.807) is 0 Å². The predicted molar refractivity (Wildman–Crippen MR) is 93.5 cm³/mol. The van der Waals surface area contributed by atoms with Crippen molar-refractivity contribution in [2.45, 2.75) is 26.3 Å². The first-order valence-electron chi connectivity index (χ1n) is 8.40. The van der Waals surface area contributed by atoms with E-state index in [-0.39, 0.29) is 17.9 Å². The molecule has 0 unspecified atom stereocenters. The minimum atomic E-state index is -0.0881. The van der Waals surface area contributed by atoms with Crippen molar-refractivity contribution >= 4 is 5.91 Å². The van der Waals surface area contributed by atoms with E-state index >= 15 is 0 Å². The maximum Gasteiger partial charge on any atom is 0.251 e. The molecule has 1 aliphatic rings. The molecule has 1 amide bonds. The number of hydrogen-bond donors (Lipinski definition) is 1. The van der Waals surface area contributed by atoms with Crippen LogP contribution in [0.2, 0.25) is 0 Å². The highest BCUT2D eigenvalue weighted by molar-refractivity contribution is 5.94. The Morgan fingerprint density at radius 1 is 1.00 bits per heavy atom. The quantitative estimate of drug-likeness (QED) is 0.925. The van der Waals surface area contributed by atoms with E-state index in [0.29, 0.717) is 18.8 Å². The Hall–Kier alpha value is -2.49. The van der Waals surface area contributed by atoms with Gasteiger partial charge in [-0.15, -0.1) is 0 Å². The van der Waals surface area contributed by atoms with Crippen LogP contribution in [0.1, 0.15) is 42.2 Å². The van der Waals surface area contributed by atoms with Crippen molar-refractivity contribution in [1.29, 1.82) is 0 Å². The minimum Gasteiger partial charge on any atom is -0.490 e. The molecule has 4 nitrogen and oxygen atoms in total. The molecule has 2 aromatic rings. The van der Waals surface area contributed by atoms with E-state index in [2.05, 4.69) is 19.2 Å². The Morgan fingerprint density at radius 3 is 2.42 bits per heavy atom. The van der Waals surface area contributed by atoms with Gasteiger partial charge in [-0.25, -0.2) is 0 Å². The number of fused-ring (bicyclic) bond motifs is 1. The van der Waals surface area contributed by atoms with Gasteiger partial charge in [0.25, 0.3) is 5.91 Å². The van der Waals surface area contributed by atoms with Crippen LogP contribution in [-0.4, -0.2) is 19.1 Å². The van der Waals surface area contributed by atoms with Gasteiger partial charge in [0.2, 0.25) is 0 Å². The molecule has 3 rings (SSSR count). The van der Waals surface area contributed by atoms with E-state index in [9.17, 15) is 4.79 Å². The third-order valence-electron chi connectivity index (χ3n) is 4.12. The molecule has 0 bridgehead atoms. The van der Waals surface area contributed by atoms with Gasteiger partial charge in [-0.1, -0.05) is 38.1 Å². The smallest absolute Gasteiger partial charge is 0.251 e. The van der Waals surface area contributed by atoms with E-state index in [1.165, 1.54) is 0 Å². The van der Waals surface area contributed by atoms with Gasteiger partial charge in [0, 0.05) is 12.0 Å². The molecule has 24 heavy (non-hydrogen) atoms. The van der Waals surface area contributed by atoms with Gasteiger partial charge in [0.15, 0.2) is 11.5 Å². The van der Waals surface area contributed by atoms with Crippen molar-refractivity contribution in [3.63, 3.8) is 0 Å². The molecule has 0 aromatic heterocycles. The van der Waals surface area contributed by atoms with Crippen LogP contribution in [0.3, 0.4) is 0 Å². The summed E-state index contributed by atoms with van der Waals surface area (Å²) in [4.78, 5) is 12.5. The average Bonchev–Trinajstić information content (AvgIpc) is 2.84. The zero-order valence-corrected chi connectivity index (χ0v) is 14.1. The highest BCUT2D eigenvalue weighted by Crippen LogP contribution is 2.34. The van der Waals surface area contributed by atoms with Gasteiger partial charge < -0.3 is 14.8 Å². The second kappa shape index (κ2) is 7.39. The number of ether oxygens (including phenoxy) is 2. The summed E-state index contributed by atoms with van der Waals surface area (Å²) in [5, 5.41) is 3.14. The third kappa shape index (κ3) is 3.70. The number of carbonyl (C=O) groups is 1. The van der Waals surface area contributed by atoms with Gasteiger partial charge in [-0.05, 0) is 35.7 Å². The van der Waals surface area contributed by atoms with Gasteiger partial charge in [-0.3, -0.25) is 4.79 Å². The Morgan fingerprint density at radius 2 is 1.71 bits per heavy atom. The van der Waals surface area contributed by atoms with Crippen LogP contribution < -0.4 is 14.8 Å². The van der Waals surface area contributed by atoms with Crippen molar-refractivity contribution in [1.82, 2.24) is 5.32 Å². The van der Waals surface area contributed by atoms with Crippen molar-refractivity contribution in [2.24, 2.45) is 5.92 Å². The maximum absolute atomic E-state index is 12.5. The Balaban J connectivity index is 1.83. The second-order valence-corrected chi connectivity index (χ2v) is 6.32. The lowest BCUT2D eigenvalue weighted by atomic mass is 9.95. The van der Waals surface area contributed by atoms with Crippen molar-refractivity contribution in [2.75, 3.05) is 13.2 Å². The fourth-order valence-electron chi connectivity index (χ4n) is 2.82. The minimum absolute atomic E-state index is 0.0681. The summed E-state index contributed by atoms with van der Waals surface area (Å²) in [6, 6.07) is 15.1. The number of amides is 1. The Bertz CT molecular complexity index is 697. The van der Waals surface area contributed by atoms with Crippen molar-refractivity contribution in [3.8, 4) is 11.5 Å². The highest BCUT2D eigenvalue weighted by atomic mass is 16.5. The summed E-state index contributed by atoms with van der Waals surface area (Å²) >= 11 is 0. The molecule has 1 aliphatic heterocycles. The van der Waals surface area contributed by atoms with Gasteiger partial charge >= 0.3 is 0 Å². The first-order valence-corrected chi connectivity index (χ1v) is 8.40. The number of rotatable bonds is 4. The lowest BCUT2D eigenvalue weighted by Gasteiger charge is -2.24. The van der Waals surface area contributed by atoms with Crippen LogP contribution >= 0.6 is 0 Å². The molecule has 0 radical (unpaired) electrons. The van der Waals surface area contributed by atoms with Gasteiger partial charge in [-0.2, -0.15) is 0 Å². The molecule has 1 N–H and O–H groups in total. The fraction of sp³-hybridized carbons (Fsp3) is 0.350. The van der Waals surface area contributed by atoms with Crippen LogP contribution in [0.15, 0.2) is 48.5 Å². The summed E-state index contributed by atoms with van der Waals surface area (Å²) in [6.45, 7) is 5.52. The van der Waals surface area contributed by atoms with E-state index in [0.717, 1.165) is 23.5 Å². The molecule has 0 fully saturated rings. The monoisotopic (exact) mass is 325 g/mol. The van der Waals surface area contributed by atoms with Crippen molar-refractivity contribution < 1.29 is 14.3 Å². The molecule has 0 saturated carbocycles. The fourth-order valence-corrected chi connectivity index (χ4v) is 2.82. The number of benzene rings is 2. The topological polar surface area (TPSA) is 47.6 Å². The number of nitrogens with one attached hydrogen (secondary N) is 1. The molecular weight excluding hydrogens is 302 g/mol. The Labute approximate surface area is 142 Å². The van der Waals surface area contributed by atoms with Crippen LogP contribution in [0, 0.1) is 5.92 Å². The molecule has 0 aliphatic carbocycles. The molecular formula is C20H23NO3. The summed E-state index contributed by atoms with van der Waals surface area (Å²) in [5.41, 5.74) is 1.69. The van der Waals surface area contributed by atoms with Gasteiger partial charge in [0.05, 0.1) is 19.3 Å². The normalized spacial score (nSPS) is 14.8. The SMILES string of the molecule is CC(C)[C@H](NC(=O)c1ccccc1)c1ccc2c(c1)OCCCO2. The predicted octanol–water partition coefficient (Wildman–Crippen LogP) is 3.98. The second-order valence-electron chi connectivity index (χ2n) is 6.32. The molecule has 126 valence electrons. The molecule has 1 heterocycles. The standard InChI is InChI=1S/C20H23NO3/c1-14(2)19(21-20(22)15-7-4-3-5-8-15)16-9-10-17-18(13-16)24-12-6-11-23-17/h3-5,7-10,13-14,19H,6,11-12H2,1-2H3,(H,21,22)/t19-/m0/s1. The molecule has 0 spiro atoms. The maximum atomic E-state index is 12.5. The van der Waals surface area contributed by atoms with Crippen molar-refractivity contribution in [3.05, 3.63) is 59.7 Å².